The Morgan fingerprint density at radius 1 is 0.769 bits per heavy atom. The monoisotopic (exact) mass is 560 g/mol. The van der Waals surface area contributed by atoms with Crippen molar-refractivity contribution in [2.45, 2.75) is 71.4 Å². The van der Waals surface area contributed by atoms with E-state index in [0.29, 0.717) is 13.0 Å². The normalized spacial score (nSPS) is 22.4. The summed E-state index contributed by atoms with van der Waals surface area (Å²) in [6, 6.07) is 31.7. The maximum atomic E-state index is 13.0. The minimum Gasteiger partial charge on any atom is -0.462 e. The number of cyclic esters (lactones) is 1. The Morgan fingerprint density at radius 2 is 1.21 bits per heavy atom. The molecule has 0 aromatic heterocycles. The van der Waals surface area contributed by atoms with Gasteiger partial charge in [0.25, 0.3) is 8.32 Å². The van der Waals surface area contributed by atoms with Crippen LogP contribution in [-0.2, 0) is 18.4 Å². The largest absolute Gasteiger partial charge is 0.462 e. The van der Waals surface area contributed by atoms with Gasteiger partial charge in [0.1, 0.15) is 6.10 Å². The Kier molecular flexibility index (Phi) is 9.01. The lowest BCUT2D eigenvalue weighted by molar-refractivity contribution is -0.176. The number of carbonyl (C=O) groups excluding carboxylic acids is 1. The van der Waals surface area contributed by atoms with Crippen molar-refractivity contribution in [2.75, 3.05) is 6.61 Å². The van der Waals surface area contributed by atoms with Gasteiger partial charge in [0.2, 0.25) is 0 Å². The first-order valence-electron chi connectivity index (χ1n) is 14.2. The van der Waals surface area contributed by atoms with E-state index in [-0.39, 0.29) is 35.1 Å². The summed E-state index contributed by atoms with van der Waals surface area (Å²) < 4.78 is 19.9. The Balaban J connectivity index is 1.62. The number of ether oxygens (including phenoxy) is 1. The van der Waals surface area contributed by atoms with E-state index in [1.54, 1.807) is 0 Å². The molecule has 4 nitrogen and oxygen atoms in total. The third-order valence-corrected chi connectivity index (χ3v) is 17.3. The Bertz CT molecular complexity index is 1110. The van der Waals surface area contributed by atoms with E-state index in [4.69, 9.17) is 13.6 Å². The van der Waals surface area contributed by atoms with Crippen LogP contribution < -0.4 is 15.6 Å². The molecule has 1 fully saturated rings. The summed E-state index contributed by atoms with van der Waals surface area (Å²) >= 11 is 0. The highest BCUT2D eigenvalue weighted by Gasteiger charge is 2.48. The molecule has 3 aromatic carbocycles. The number of hydrogen-bond acceptors (Lipinski definition) is 4. The van der Waals surface area contributed by atoms with E-state index in [1.807, 2.05) is 25.1 Å². The molecule has 0 unspecified atom stereocenters. The number of esters is 1. The smallest absolute Gasteiger partial charge is 0.311 e. The van der Waals surface area contributed by atoms with Crippen molar-refractivity contribution in [1.82, 2.24) is 0 Å². The average molecular weight is 561 g/mol. The highest BCUT2D eigenvalue weighted by atomic mass is 28.4. The topological polar surface area (TPSA) is 44.8 Å². The van der Waals surface area contributed by atoms with E-state index in [9.17, 15) is 4.79 Å². The lowest BCUT2D eigenvalue weighted by Gasteiger charge is -2.46. The van der Waals surface area contributed by atoms with Crippen LogP contribution in [-0.4, -0.2) is 41.4 Å². The quantitative estimate of drug-likeness (QED) is 0.193. The molecule has 1 aliphatic heterocycles. The van der Waals surface area contributed by atoms with Gasteiger partial charge in [-0.1, -0.05) is 119 Å². The van der Waals surface area contributed by atoms with E-state index in [2.05, 4.69) is 114 Å². The van der Waals surface area contributed by atoms with Gasteiger partial charge in [0.15, 0.2) is 8.32 Å². The molecule has 0 saturated carbocycles. The molecule has 0 amide bonds. The number of carbonyl (C=O) groups is 1. The molecule has 0 bridgehead atoms. The molecule has 4 atom stereocenters. The van der Waals surface area contributed by atoms with E-state index in [1.165, 1.54) is 15.6 Å². The van der Waals surface area contributed by atoms with E-state index in [0.717, 1.165) is 0 Å². The Morgan fingerprint density at radius 3 is 1.62 bits per heavy atom. The summed E-state index contributed by atoms with van der Waals surface area (Å²) in [6.07, 6.45) is 0.215. The first kappa shape index (κ1) is 29.5. The molecule has 1 heterocycles. The van der Waals surface area contributed by atoms with Crippen molar-refractivity contribution >= 4 is 38.2 Å². The van der Waals surface area contributed by atoms with Gasteiger partial charge in [-0.05, 0) is 40.6 Å². The third-order valence-electron chi connectivity index (χ3n) is 8.74. The van der Waals surface area contributed by atoms with Crippen LogP contribution in [0.1, 0.15) is 41.0 Å². The van der Waals surface area contributed by atoms with E-state index >= 15 is 0 Å². The molecular formula is C33H44O4Si2. The Labute approximate surface area is 237 Å². The lowest BCUT2D eigenvalue weighted by Crippen LogP contribution is -2.69. The van der Waals surface area contributed by atoms with Crippen LogP contribution in [0.2, 0.25) is 18.1 Å². The second-order valence-electron chi connectivity index (χ2n) is 12.4. The fraction of sp³-hybridized carbons (Fsp3) is 0.424. The molecule has 39 heavy (non-hydrogen) atoms. The van der Waals surface area contributed by atoms with Crippen molar-refractivity contribution in [3.8, 4) is 0 Å². The predicted molar refractivity (Wildman–Crippen MR) is 165 cm³/mol. The number of rotatable bonds is 9. The molecule has 1 aliphatic rings. The van der Waals surface area contributed by atoms with Gasteiger partial charge in [0, 0.05) is 18.9 Å². The zero-order valence-corrected chi connectivity index (χ0v) is 26.5. The maximum Gasteiger partial charge on any atom is 0.311 e. The van der Waals surface area contributed by atoms with Gasteiger partial charge in [-0.2, -0.15) is 0 Å². The van der Waals surface area contributed by atoms with Crippen LogP contribution >= 0.6 is 0 Å². The standard InChI is InChI=1S/C33H44O4Si2/c1-25-30(36-32(34)26(2)31(25)37-38(6,7)33(3,4)5)23-24-35-39(27-17-11-8-12-18-27,28-19-13-9-14-20-28)29-21-15-10-16-22-29/h8-22,25-26,30-31H,23-24H2,1-7H3/t25-,26+,30-,31+/m1/s1. The highest BCUT2D eigenvalue weighted by Crippen LogP contribution is 2.41. The summed E-state index contributed by atoms with van der Waals surface area (Å²) in [5.41, 5.74) is 0. The second kappa shape index (κ2) is 11.9. The minimum absolute atomic E-state index is 0.0681. The molecule has 0 spiro atoms. The van der Waals surface area contributed by atoms with Crippen LogP contribution in [0.4, 0.5) is 0 Å². The first-order valence-corrected chi connectivity index (χ1v) is 19.0. The summed E-state index contributed by atoms with van der Waals surface area (Å²) in [5.74, 6) is -0.367. The second-order valence-corrected chi connectivity index (χ2v) is 20.5. The zero-order valence-electron chi connectivity index (χ0n) is 24.5. The average Bonchev–Trinajstić information content (AvgIpc) is 2.93. The van der Waals surface area contributed by atoms with Gasteiger partial charge in [-0.15, -0.1) is 0 Å². The lowest BCUT2D eigenvalue weighted by atomic mass is 9.85. The SMILES string of the molecule is C[C@H]1[C@H](O[Si](C)(C)C(C)(C)C)[C@H](C)C(=O)O[C@@H]1CCO[Si](c1ccccc1)(c1ccccc1)c1ccccc1. The molecule has 4 rings (SSSR count). The summed E-state index contributed by atoms with van der Waals surface area (Å²) in [7, 11) is -4.87. The van der Waals surface area contributed by atoms with Gasteiger partial charge >= 0.3 is 5.97 Å². The zero-order chi connectivity index (χ0) is 28.3. The fourth-order valence-corrected chi connectivity index (χ4v) is 10.7. The van der Waals surface area contributed by atoms with Crippen LogP contribution in [0.15, 0.2) is 91.0 Å². The van der Waals surface area contributed by atoms with Gasteiger partial charge in [-0.25, -0.2) is 0 Å². The van der Waals surface area contributed by atoms with Gasteiger partial charge < -0.3 is 13.6 Å². The van der Waals surface area contributed by atoms with Crippen molar-refractivity contribution in [1.29, 1.82) is 0 Å². The molecule has 3 aromatic rings. The summed E-state index contributed by atoms with van der Waals surface area (Å²) in [4.78, 5) is 13.0. The highest BCUT2D eigenvalue weighted by molar-refractivity contribution is 7.07. The molecule has 0 radical (unpaired) electrons. The molecular weight excluding hydrogens is 517 g/mol. The Hall–Kier alpha value is -2.52. The minimum atomic E-state index is -2.81. The predicted octanol–water partition coefficient (Wildman–Crippen LogP) is 5.65. The van der Waals surface area contributed by atoms with Crippen molar-refractivity contribution in [3.63, 3.8) is 0 Å². The first-order chi connectivity index (χ1) is 18.5. The van der Waals surface area contributed by atoms with Crippen molar-refractivity contribution in [2.24, 2.45) is 11.8 Å². The summed E-state index contributed by atoms with van der Waals surface area (Å²) in [6.45, 7) is 15.8. The van der Waals surface area contributed by atoms with E-state index < -0.39 is 16.6 Å². The van der Waals surface area contributed by atoms with Crippen LogP contribution in [0.3, 0.4) is 0 Å². The van der Waals surface area contributed by atoms with Gasteiger partial charge in [-0.3, -0.25) is 4.79 Å². The number of benzene rings is 3. The van der Waals surface area contributed by atoms with Crippen LogP contribution in [0, 0.1) is 11.8 Å². The molecule has 0 aliphatic carbocycles. The van der Waals surface area contributed by atoms with Crippen LogP contribution in [0.5, 0.6) is 0 Å². The number of hydrogen-bond donors (Lipinski definition) is 0. The third kappa shape index (κ3) is 6.14. The van der Waals surface area contributed by atoms with Crippen molar-refractivity contribution in [3.05, 3.63) is 91.0 Å². The maximum absolute atomic E-state index is 13.0. The summed E-state index contributed by atoms with van der Waals surface area (Å²) in [5, 5.41) is 3.66. The van der Waals surface area contributed by atoms with Crippen LogP contribution in [0.25, 0.3) is 0 Å². The molecule has 0 N–H and O–H groups in total. The molecule has 208 valence electrons. The van der Waals surface area contributed by atoms with Crippen molar-refractivity contribution < 1.29 is 18.4 Å². The van der Waals surface area contributed by atoms with Gasteiger partial charge in [0.05, 0.1) is 12.0 Å². The molecule has 1 saturated heterocycles. The molecule has 6 heteroatoms. The fourth-order valence-electron chi connectivity index (χ4n) is 5.31.